The minimum atomic E-state index is -1.24. The fourth-order valence-electron chi connectivity index (χ4n) is 2.90. The molecule has 8 heteroatoms. The van der Waals surface area contributed by atoms with Gasteiger partial charge in [0.15, 0.2) is 6.61 Å². The van der Waals surface area contributed by atoms with Gasteiger partial charge in [0.1, 0.15) is 17.5 Å². The first-order valence-corrected chi connectivity index (χ1v) is 7.79. The standard InChI is InChI=1S/C16H15ClN2O5/c17-10-6-7-11-13(15(21)19(11)14(10)16(22)23)18-12(20)8-24-9-4-2-1-3-5-9/h1-5,11,13H,6-8H2,(H,18,20)(H,22,23)/t11-,13+/m1/s1. The van der Waals surface area contributed by atoms with Crippen molar-refractivity contribution in [3.63, 3.8) is 0 Å². The van der Waals surface area contributed by atoms with Gasteiger partial charge in [0.25, 0.3) is 11.8 Å². The van der Waals surface area contributed by atoms with Crippen LogP contribution in [0.2, 0.25) is 0 Å². The van der Waals surface area contributed by atoms with E-state index in [1.807, 2.05) is 6.07 Å². The lowest BCUT2D eigenvalue weighted by Gasteiger charge is -2.49. The average molecular weight is 351 g/mol. The number of carbonyl (C=O) groups excluding carboxylic acids is 2. The van der Waals surface area contributed by atoms with Crippen molar-refractivity contribution in [2.45, 2.75) is 24.9 Å². The molecule has 0 radical (unpaired) electrons. The minimum Gasteiger partial charge on any atom is -0.484 e. The molecule has 7 nitrogen and oxygen atoms in total. The largest absolute Gasteiger partial charge is 0.484 e. The molecule has 2 atom stereocenters. The van der Waals surface area contributed by atoms with Crippen molar-refractivity contribution in [2.24, 2.45) is 0 Å². The van der Waals surface area contributed by atoms with Gasteiger partial charge < -0.3 is 15.2 Å². The first-order chi connectivity index (χ1) is 11.5. The second-order valence-electron chi connectivity index (χ2n) is 5.52. The predicted molar refractivity (Wildman–Crippen MR) is 84.3 cm³/mol. The SMILES string of the molecule is O=C(COc1ccccc1)N[C@@H]1C(=O)N2C(C(=O)O)=C(Cl)CC[C@H]12. The number of para-hydroxylation sites is 1. The first-order valence-electron chi connectivity index (χ1n) is 7.41. The lowest BCUT2D eigenvalue weighted by Crippen LogP contribution is -2.71. The lowest BCUT2D eigenvalue weighted by molar-refractivity contribution is -0.156. The van der Waals surface area contributed by atoms with Crippen LogP contribution in [0.4, 0.5) is 0 Å². The van der Waals surface area contributed by atoms with E-state index in [-0.39, 0.29) is 23.4 Å². The van der Waals surface area contributed by atoms with E-state index in [4.69, 9.17) is 16.3 Å². The molecule has 0 spiro atoms. The molecule has 0 aromatic heterocycles. The van der Waals surface area contributed by atoms with Crippen LogP contribution >= 0.6 is 11.6 Å². The van der Waals surface area contributed by atoms with Gasteiger partial charge in [-0.25, -0.2) is 4.79 Å². The number of aliphatic carboxylic acids is 1. The number of hydrogen-bond acceptors (Lipinski definition) is 4. The highest BCUT2D eigenvalue weighted by Crippen LogP contribution is 2.37. The number of hydrogen-bond donors (Lipinski definition) is 2. The number of carbonyl (C=O) groups is 3. The first kappa shape index (κ1) is 16.3. The van der Waals surface area contributed by atoms with Crippen LogP contribution in [0.25, 0.3) is 0 Å². The number of benzene rings is 1. The van der Waals surface area contributed by atoms with Gasteiger partial charge in [-0.3, -0.25) is 14.5 Å². The van der Waals surface area contributed by atoms with Crippen LogP contribution in [0.5, 0.6) is 5.75 Å². The predicted octanol–water partition coefficient (Wildman–Crippen LogP) is 1.09. The molecule has 24 heavy (non-hydrogen) atoms. The molecule has 126 valence electrons. The topological polar surface area (TPSA) is 95.9 Å². The molecule has 2 aliphatic heterocycles. The van der Waals surface area contributed by atoms with E-state index in [0.717, 1.165) is 4.90 Å². The van der Waals surface area contributed by atoms with E-state index in [9.17, 15) is 19.5 Å². The number of halogens is 1. The van der Waals surface area contributed by atoms with E-state index >= 15 is 0 Å². The highest BCUT2D eigenvalue weighted by atomic mass is 35.5. The summed E-state index contributed by atoms with van der Waals surface area (Å²) in [4.78, 5) is 36.5. The molecule has 1 aromatic carbocycles. The summed E-state index contributed by atoms with van der Waals surface area (Å²) in [6, 6.07) is 7.71. The van der Waals surface area contributed by atoms with Crippen molar-refractivity contribution in [3.8, 4) is 5.75 Å². The number of amides is 2. The van der Waals surface area contributed by atoms with E-state index in [1.165, 1.54) is 0 Å². The number of ether oxygens (including phenoxy) is 1. The Hall–Kier alpha value is -2.54. The normalized spacial score (nSPS) is 22.5. The molecule has 1 aromatic rings. The monoisotopic (exact) mass is 350 g/mol. The number of carboxylic acids is 1. The smallest absolute Gasteiger partial charge is 0.353 e. The Labute approximate surface area is 142 Å². The number of nitrogens with one attached hydrogen (secondary N) is 1. The quantitative estimate of drug-likeness (QED) is 0.775. The van der Waals surface area contributed by atoms with Crippen molar-refractivity contribution in [3.05, 3.63) is 41.1 Å². The number of β-lactam (4-membered cyclic amide) rings is 1. The molecule has 2 heterocycles. The van der Waals surface area contributed by atoms with Crippen LogP contribution in [0, 0.1) is 0 Å². The zero-order valence-corrected chi connectivity index (χ0v) is 13.3. The Morgan fingerprint density at radius 3 is 2.71 bits per heavy atom. The Morgan fingerprint density at radius 2 is 2.04 bits per heavy atom. The summed E-state index contributed by atoms with van der Waals surface area (Å²) in [7, 11) is 0. The van der Waals surface area contributed by atoms with Crippen LogP contribution in [-0.4, -0.2) is 46.5 Å². The number of allylic oxidation sites excluding steroid dienone is 1. The van der Waals surface area contributed by atoms with E-state index < -0.39 is 23.8 Å². The Kier molecular flexibility index (Phi) is 4.44. The third-order valence-corrected chi connectivity index (χ3v) is 4.38. The van der Waals surface area contributed by atoms with E-state index in [0.29, 0.717) is 18.6 Å². The van der Waals surface area contributed by atoms with E-state index in [2.05, 4.69) is 5.32 Å². The lowest BCUT2D eigenvalue weighted by atomic mass is 9.86. The van der Waals surface area contributed by atoms with Crippen LogP contribution in [0.1, 0.15) is 12.8 Å². The van der Waals surface area contributed by atoms with Crippen molar-refractivity contribution in [1.29, 1.82) is 0 Å². The van der Waals surface area contributed by atoms with Crippen LogP contribution in [0.15, 0.2) is 41.1 Å². The zero-order valence-electron chi connectivity index (χ0n) is 12.6. The number of fused-ring (bicyclic) bond motifs is 1. The van der Waals surface area contributed by atoms with Gasteiger partial charge in [-0.15, -0.1) is 0 Å². The maximum atomic E-state index is 12.2. The minimum absolute atomic E-state index is 0.157. The van der Waals surface area contributed by atoms with Gasteiger partial charge in [-0.2, -0.15) is 0 Å². The summed E-state index contributed by atoms with van der Waals surface area (Å²) >= 11 is 5.91. The number of carboxylic acid groups (broad SMARTS) is 1. The molecule has 0 bridgehead atoms. The molecule has 0 unspecified atom stereocenters. The van der Waals surface area contributed by atoms with Crippen molar-refractivity contribution in [2.75, 3.05) is 6.61 Å². The summed E-state index contributed by atoms with van der Waals surface area (Å²) in [6.45, 7) is -0.219. The Balaban J connectivity index is 1.59. The molecule has 1 saturated heterocycles. The van der Waals surface area contributed by atoms with Gasteiger partial charge >= 0.3 is 5.97 Å². The van der Waals surface area contributed by atoms with Gasteiger partial charge in [0.05, 0.1) is 6.04 Å². The summed E-state index contributed by atoms with van der Waals surface area (Å²) in [5, 5.41) is 11.9. The summed E-state index contributed by atoms with van der Waals surface area (Å²) < 4.78 is 5.32. The average Bonchev–Trinajstić information content (AvgIpc) is 2.58. The number of rotatable bonds is 5. The van der Waals surface area contributed by atoms with Crippen molar-refractivity contribution >= 4 is 29.4 Å². The van der Waals surface area contributed by atoms with Gasteiger partial charge in [0.2, 0.25) is 0 Å². The highest BCUT2D eigenvalue weighted by Gasteiger charge is 2.53. The number of nitrogens with zero attached hydrogens (tertiary/aromatic N) is 1. The fourth-order valence-corrected chi connectivity index (χ4v) is 3.18. The molecular formula is C16H15ClN2O5. The fraction of sp³-hybridized carbons (Fsp3) is 0.312. The third-order valence-electron chi connectivity index (χ3n) is 4.01. The third kappa shape index (κ3) is 2.94. The van der Waals surface area contributed by atoms with Gasteiger partial charge in [-0.05, 0) is 25.0 Å². The summed E-state index contributed by atoms with van der Waals surface area (Å²) in [6.07, 6.45) is 0.871. The van der Waals surface area contributed by atoms with Crippen LogP contribution in [-0.2, 0) is 14.4 Å². The Bertz CT molecular complexity index is 718. The molecule has 2 N–H and O–H groups in total. The summed E-state index contributed by atoms with van der Waals surface area (Å²) in [5.41, 5.74) is -0.191. The van der Waals surface area contributed by atoms with E-state index in [1.54, 1.807) is 24.3 Å². The second kappa shape index (κ2) is 6.52. The summed E-state index contributed by atoms with van der Waals surface area (Å²) in [5.74, 6) is -1.59. The maximum Gasteiger partial charge on any atom is 0.353 e. The molecule has 1 fully saturated rings. The second-order valence-corrected chi connectivity index (χ2v) is 5.98. The van der Waals surface area contributed by atoms with Crippen LogP contribution < -0.4 is 10.1 Å². The highest BCUT2D eigenvalue weighted by molar-refractivity contribution is 6.32. The maximum absolute atomic E-state index is 12.2. The molecule has 0 aliphatic carbocycles. The van der Waals surface area contributed by atoms with Crippen molar-refractivity contribution in [1.82, 2.24) is 10.2 Å². The molecule has 2 aliphatic rings. The van der Waals surface area contributed by atoms with Gasteiger partial charge in [-0.1, -0.05) is 29.8 Å². The van der Waals surface area contributed by atoms with Crippen LogP contribution in [0.3, 0.4) is 0 Å². The Morgan fingerprint density at radius 1 is 1.33 bits per heavy atom. The molecular weight excluding hydrogens is 336 g/mol. The molecule has 0 saturated carbocycles. The van der Waals surface area contributed by atoms with Crippen molar-refractivity contribution < 1.29 is 24.2 Å². The molecule has 3 rings (SSSR count). The van der Waals surface area contributed by atoms with Gasteiger partial charge in [0, 0.05) is 5.03 Å². The molecule has 2 amide bonds. The zero-order chi connectivity index (χ0) is 17.3.